The first-order valence-electron chi connectivity index (χ1n) is 6.23. The molecule has 0 unspecified atom stereocenters. The fraction of sp³-hybridized carbons (Fsp3) is 0.200. The van der Waals surface area contributed by atoms with Crippen LogP contribution in [0.2, 0.25) is 5.02 Å². The van der Waals surface area contributed by atoms with E-state index in [2.05, 4.69) is 4.99 Å². The molecule has 3 rings (SSSR count). The summed E-state index contributed by atoms with van der Waals surface area (Å²) >= 11 is 6.04. The lowest BCUT2D eigenvalue weighted by molar-refractivity contribution is 0.114. The molecule has 1 aliphatic heterocycles. The van der Waals surface area contributed by atoms with Crippen molar-refractivity contribution in [1.29, 1.82) is 0 Å². The first-order valence-corrected chi connectivity index (χ1v) is 6.61. The number of ether oxygens (including phenoxy) is 1. The van der Waals surface area contributed by atoms with Gasteiger partial charge in [-0.2, -0.15) is 0 Å². The highest BCUT2D eigenvalue weighted by atomic mass is 35.5. The number of halogens is 1. The number of fused-ring (bicyclic) bond motifs is 1. The molecule has 0 saturated carbocycles. The van der Waals surface area contributed by atoms with Gasteiger partial charge < -0.3 is 4.74 Å². The molecule has 0 atom stereocenters. The minimum atomic E-state index is -0.731. The Labute approximate surface area is 121 Å². The zero-order valence-corrected chi connectivity index (χ0v) is 11.9. The summed E-state index contributed by atoms with van der Waals surface area (Å²) in [6.07, 6.45) is 1.69. The lowest BCUT2D eigenvalue weighted by atomic mass is 10.1. The maximum atomic E-state index is 12.0. The van der Waals surface area contributed by atoms with Crippen LogP contribution in [0.1, 0.15) is 19.4 Å². The van der Waals surface area contributed by atoms with E-state index in [1.165, 1.54) is 10.6 Å². The Hall–Kier alpha value is -2.07. The molecule has 0 spiro atoms. The number of rotatable bonds is 0. The largest absolute Gasteiger partial charge is 0.466 e. The van der Waals surface area contributed by atoms with Crippen LogP contribution in [0.3, 0.4) is 0 Å². The summed E-state index contributed by atoms with van der Waals surface area (Å²) in [5, 5.41) is 0.573. The quantitative estimate of drug-likeness (QED) is 0.748. The van der Waals surface area contributed by atoms with Crippen molar-refractivity contribution in [3.63, 3.8) is 0 Å². The average Bonchev–Trinajstić information content (AvgIpc) is 2.38. The van der Waals surface area contributed by atoms with Crippen LogP contribution in [-0.2, 0) is 0 Å². The lowest BCUT2D eigenvalue weighted by Crippen LogP contribution is -2.37. The van der Waals surface area contributed by atoms with Crippen molar-refractivity contribution in [2.24, 2.45) is 4.99 Å². The van der Waals surface area contributed by atoms with Crippen LogP contribution in [-0.4, -0.2) is 16.1 Å². The van der Waals surface area contributed by atoms with E-state index in [0.29, 0.717) is 22.2 Å². The second kappa shape index (κ2) is 4.49. The SMILES string of the molecule is CC1(C)N=C(n2ccccc2=O)c2cc(Cl)ccc2O1. The number of hydrogen-bond acceptors (Lipinski definition) is 3. The molecule has 2 aromatic rings. The molecular weight excluding hydrogens is 276 g/mol. The molecule has 2 heterocycles. The van der Waals surface area contributed by atoms with Crippen LogP contribution >= 0.6 is 11.6 Å². The smallest absolute Gasteiger partial charge is 0.256 e. The molecule has 0 saturated heterocycles. The Morgan fingerprint density at radius 1 is 1.25 bits per heavy atom. The number of benzene rings is 1. The normalized spacial score (nSPS) is 16.1. The van der Waals surface area contributed by atoms with Gasteiger partial charge in [0.25, 0.3) is 5.56 Å². The van der Waals surface area contributed by atoms with Crippen molar-refractivity contribution in [1.82, 2.24) is 4.57 Å². The van der Waals surface area contributed by atoms with Crippen LogP contribution in [0.4, 0.5) is 0 Å². The Morgan fingerprint density at radius 3 is 2.80 bits per heavy atom. The highest BCUT2D eigenvalue weighted by molar-refractivity contribution is 6.31. The van der Waals surface area contributed by atoms with Crippen LogP contribution < -0.4 is 10.3 Å². The zero-order valence-electron chi connectivity index (χ0n) is 11.1. The van der Waals surface area contributed by atoms with Crippen LogP contribution in [0.15, 0.2) is 52.4 Å². The Kier molecular flexibility index (Phi) is 2.91. The fourth-order valence-electron chi connectivity index (χ4n) is 2.16. The van der Waals surface area contributed by atoms with Crippen molar-refractivity contribution in [3.05, 3.63) is 63.5 Å². The van der Waals surface area contributed by atoms with Crippen molar-refractivity contribution in [2.75, 3.05) is 0 Å². The highest BCUT2D eigenvalue weighted by Gasteiger charge is 2.29. The van der Waals surface area contributed by atoms with E-state index in [9.17, 15) is 4.79 Å². The molecule has 0 amide bonds. The zero-order chi connectivity index (χ0) is 14.3. The molecule has 1 aliphatic rings. The molecule has 0 radical (unpaired) electrons. The van der Waals surface area contributed by atoms with Gasteiger partial charge in [0.2, 0.25) is 0 Å². The summed E-state index contributed by atoms with van der Waals surface area (Å²) in [6.45, 7) is 3.69. The standard InChI is InChI=1S/C15H13ClN2O2/c1-15(2)17-14(18-8-4-3-5-13(18)19)11-9-10(16)6-7-12(11)20-15/h3-9H,1-2H3. The molecule has 4 nitrogen and oxygen atoms in total. The van der Waals surface area contributed by atoms with Crippen molar-refractivity contribution < 1.29 is 4.74 Å². The van der Waals surface area contributed by atoms with Crippen LogP contribution in [0.5, 0.6) is 5.75 Å². The van der Waals surface area contributed by atoms with Gasteiger partial charge in [0.15, 0.2) is 5.72 Å². The third-order valence-electron chi connectivity index (χ3n) is 2.97. The monoisotopic (exact) mass is 288 g/mol. The van der Waals surface area contributed by atoms with Crippen molar-refractivity contribution in [3.8, 4) is 5.75 Å². The summed E-state index contributed by atoms with van der Waals surface area (Å²) < 4.78 is 7.30. The molecule has 102 valence electrons. The third-order valence-corrected chi connectivity index (χ3v) is 3.20. The van der Waals surface area contributed by atoms with E-state index in [1.807, 2.05) is 13.8 Å². The van der Waals surface area contributed by atoms with Gasteiger partial charge in [-0.1, -0.05) is 17.7 Å². The topological polar surface area (TPSA) is 43.6 Å². The second-order valence-corrected chi connectivity index (χ2v) is 5.47. The van der Waals surface area contributed by atoms with Gasteiger partial charge in [0.05, 0.1) is 5.56 Å². The summed E-state index contributed by atoms with van der Waals surface area (Å²) in [4.78, 5) is 16.6. The molecule has 20 heavy (non-hydrogen) atoms. The molecule has 0 bridgehead atoms. The highest BCUT2D eigenvalue weighted by Crippen LogP contribution is 2.32. The molecule has 0 aliphatic carbocycles. The number of hydrogen-bond donors (Lipinski definition) is 0. The predicted octanol–water partition coefficient (Wildman–Crippen LogP) is 2.93. The fourth-order valence-corrected chi connectivity index (χ4v) is 2.33. The summed E-state index contributed by atoms with van der Waals surface area (Å²) in [5.41, 5.74) is -0.161. The van der Waals surface area contributed by atoms with E-state index in [-0.39, 0.29) is 5.56 Å². The van der Waals surface area contributed by atoms with Gasteiger partial charge >= 0.3 is 0 Å². The van der Waals surface area contributed by atoms with E-state index < -0.39 is 5.72 Å². The number of aliphatic imine (C=N–C) groups is 1. The van der Waals surface area contributed by atoms with Gasteiger partial charge in [0, 0.05) is 17.3 Å². The third kappa shape index (κ3) is 2.23. The van der Waals surface area contributed by atoms with E-state index >= 15 is 0 Å². The van der Waals surface area contributed by atoms with Gasteiger partial charge in [-0.25, -0.2) is 4.99 Å². The van der Waals surface area contributed by atoms with Gasteiger partial charge in [-0.05, 0) is 38.1 Å². The maximum absolute atomic E-state index is 12.0. The first kappa shape index (κ1) is 12.9. The number of nitrogens with zero attached hydrogens (tertiary/aromatic N) is 2. The molecule has 1 aromatic carbocycles. The summed E-state index contributed by atoms with van der Waals surface area (Å²) in [5.74, 6) is 1.21. The predicted molar refractivity (Wildman–Crippen MR) is 78.8 cm³/mol. The molecule has 1 aromatic heterocycles. The van der Waals surface area contributed by atoms with Gasteiger partial charge in [0.1, 0.15) is 11.6 Å². The van der Waals surface area contributed by atoms with E-state index in [0.717, 1.165) is 0 Å². The van der Waals surface area contributed by atoms with Crippen LogP contribution in [0, 0.1) is 0 Å². The molecular formula is C15H13ClN2O2. The second-order valence-electron chi connectivity index (χ2n) is 5.03. The Balaban J connectivity index is 2.28. The molecule has 5 heteroatoms. The summed E-state index contributed by atoms with van der Waals surface area (Å²) in [6, 6.07) is 10.3. The maximum Gasteiger partial charge on any atom is 0.256 e. The summed E-state index contributed by atoms with van der Waals surface area (Å²) in [7, 11) is 0. The van der Waals surface area contributed by atoms with Crippen LogP contribution in [0.25, 0.3) is 0 Å². The van der Waals surface area contributed by atoms with Gasteiger partial charge in [-0.15, -0.1) is 0 Å². The Morgan fingerprint density at radius 2 is 2.05 bits per heavy atom. The first-order chi connectivity index (χ1) is 9.46. The minimum Gasteiger partial charge on any atom is -0.466 e. The van der Waals surface area contributed by atoms with Crippen molar-refractivity contribution in [2.45, 2.75) is 19.6 Å². The van der Waals surface area contributed by atoms with E-state index in [1.54, 1.807) is 36.5 Å². The number of aromatic nitrogens is 1. The van der Waals surface area contributed by atoms with Gasteiger partial charge in [-0.3, -0.25) is 9.36 Å². The molecule has 0 fully saturated rings. The lowest BCUT2D eigenvalue weighted by Gasteiger charge is -2.30. The number of pyridine rings is 1. The van der Waals surface area contributed by atoms with Crippen molar-refractivity contribution >= 4 is 17.4 Å². The van der Waals surface area contributed by atoms with E-state index in [4.69, 9.17) is 16.3 Å². The Bertz CT molecular complexity index is 762. The molecule has 0 N–H and O–H groups in total. The minimum absolute atomic E-state index is 0.144. The average molecular weight is 289 g/mol.